The first-order chi connectivity index (χ1) is 10.3. The molecule has 108 valence electrons. The van der Waals surface area contributed by atoms with Crippen LogP contribution in [0.1, 0.15) is 11.1 Å². The van der Waals surface area contributed by atoms with Crippen LogP contribution in [0.2, 0.25) is 5.02 Å². The van der Waals surface area contributed by atoms with Crippen LogP contribution in [0, 0.1) is 0 Å². The first-order valence-corrected chi connectivity index (χ1v) is 7.71. The highest BCUT2D eigenvalue weighted by Gasteiger charge is 2.21. The van der Waals surface area contributed by atoms with Crippen molar-refractivity contribution in [2.45, 2.75) is 13.0 Å². The Hall–Kier alpha value is -1.87. The van der Waals surface area contributed by atoms with E-state index >= 15 is 0 Å². The maximum Gasteiger partial charge on any atom is 0.127 e. The van der Waals surface area contributed by atoms with E-state index in [0.717, 1.165) is 43.4 Å². The predicted octanol–water partition coefficient (Wildman–Crippen LogP) is 3.71. The Morgan fingerprint density at radius 1 is 1.24 bits per heavy atom. The van der Waals surface area contributed by atoms with E-state index in [2.05, 4.69) is 34.5 Å². The average molecular weight is 301 g/mol. The Kier molecular flexibility index (Phi) is 3.15. The molecule has 0 atom stereocenters. The van der Waals surface area contributed by atoms with E-state index in [4.69, 9.17) is 16.3 Å². The van der Waals surface area contributed by atoms with Crippen LogP contribution in [-0.2, 0) is 13.0 Å². The largest absolute Gasteiger partial charge is 0.493 e. The molecule has 2 aliphatic rings. The minimum absolute atomic E-state index is 0.765. The van der Waals surface area contributed by atoms with Crippen molar-refractivity contribution in [2.75, 3.05) is 29.9 Å². The zero-order valence-corrected chi connectivity index (χ0v) is 12.5. The van der Waals surface area contributed by atoms with Crippen molar-refractivity contribution in [3.8, 4) is 5.75 Å². The SMILES string of the molecule is Clc1cc2c(c(CN3CCNc4ccccc43)c1)OCC2. The van der Waals surface area contributed by atoms with Gasteiger partial charge in [0.25, 0.3) is 0 Å². The number of hydrogen-bond acceptors (Lipinski definition) is 3. The van der Waals surface area contributed by atoms with Crippen molar-refractivity contribution in [3.05, 3.63) is 52.5 Å². The maximum atomic E-state index is 6.26. The predicted molar refractivity (Wildman–Crippen MR) is 86.6 cm³/mol. The van der Waals surface area contributed by atoms with Crippen LogP contribution in [0.3, 0.4) is 0 Å². The molecule has 0 aliphatic carbocycles. The Morgan fingerprint density at radius 2 is 2.14 bits per heavy atom. The molecule has 2 aliphatic heterocycles. The van der Waals surface area contributed by atoms with Crippen molar-refractivity contribution in [3.63, 3.8) is 0 Å². The molecule has 0 saturated heterocycles. The molecule has 0 radical (unpaired) electrons. The number of nitrogens with one attached hydrogen (secondary N) is 1. The quantitative estimate of drug-likeness (QED) is 0.915. The molecular formula is C17H17ClN2O. The average Bonchev–Trinajstić information content (AvgIpc) is 2.96. The maximum absolute atomic E-state index is 6.26. The normalized spacial score (nSPS) is 16.0. The van der Waals surface area contributed by atoms with Crippen molar-refractivity contribution < 1.29 is 4.74 Å². The smallest absolute Gasteiger partial charge is 0.127 e. The molecule has 3 nitrogen and oxygen atoms in total. The molecule has 0 saturated carbocycles. The summed E-state index contributed by atoms with van der Waals surface area (Å²) in [6, 6.07) is 12.5. The van der Waals surface area contributed by atoms with Crippen molar-refractivity contribution in [1.82, 2.24) is 0 Å². The van der Waals surface area contributed by atoms with Crippen molar-refractivity contribution in [2.24, 2.45) is 0 Å². The molecule has 2 aromatic rings. The Labute approximate surface area is 129 Å². The molecule has 4 rings (SSSR count). The Morgan fingerprint density at radius 3 is 3.10 bits per heavy atom. The van der Waals surface area contributed by atoms with Gasteiger partial charge in [0.2, 0.25) is 0 Å². The monoisotopic (exact) mass is 300 g/mol. The van der Waals surface area contributed by atoms with Gasteiger partial charge in [0, 0.05) is 36.6 Å². The van der Waals surface area contributed by atoms with E-state index in [1.165, 1.54) is 22.5 Å². The minimum Gasteiger partial charge on any atom is -0.493 e. The van der Waals surface area contributed by atoms with E-state index in [-0.39, 0.29) is 0 Å². The van der Waals surface area contributed by atoms with Gasteiger partial charge in [-0.25, -0.2) is 0 Å². The van der Waals surface area contributed by atoms with Gasteiger partial charge in [-0.15, -0.1) is 0 Å². The second-order valence-electron chi connectivity index (χ2n) is 5.52. The van der Waals surface area contributed by atoms with Crippen LogP contribution in [0.5, 0.6) is 5.75 Å². The summed E-state index contributed by atoms with van der Waals surface area (Å²) in [6.07, 6.45) is 0.959. The molecule has 2 aromatic carbocycles. The Balaban J connectivity index is 1.69. The summed E-state index contributed by atoms with van der Waals surface area (Å²) >= 11 is 6.26. The van der Waals surface area contributed by atoms with Gasteiger partial charge in [-0.1, -0.05) is 23.7 Å². The van der Waals surface area contributed by atoms with Crippen LogP contribution >= 0.6 is 11.6 Å². The number of benzene rings is 2. The summed E-state index contributed by atoms with van der Waals surface area (Å²) in [5, 5.41) is 4.25. The van der Waals surface area contributed by atoms with Gasteiger partial charge in [-0.3, -0.25) is 0 Å². The highest BCUT2D eigenvalue weighted by molar-refractivity contribution is 6.30. The van der Waals surface area contributed by atoms with Crippen LogP contribution in [-0.4, -0.2) is 19.7 Å². The molecule has 0 spiro atoms. The van der Waals surface area contributed by atoms with E-state index in [1.54, 1.807) is 0 Å². The summed E-state index contributed by atoms with van der Waals surface area (Å²) in [5.74, 6) is 1.04. The lowest BCUT2D eigenvalue weighted by Gasteiger charge is -2.32. The third-order valence-electron chi connectivity index (χ3n) is 4.13. The molecule has 0 aromatic heterocycles. The lowest BCUT2D eigenvalue weighted by Crippen LogP contribution is -2.33. The van der Waals surface area contributed by atoms with E-state index < -0.39 is 0 Å². The molecule has 4 heteroatoms. The van der Waals surface area contributed by atoms with Gasteiger partial charge in [0.05, 0.1) is 18.0 Å². The zero-order chi connectivity index (χ0) is 14.2. The zero-order valence-electron chi connectivity index (χ0n) is 11.7. The third-order valence-corrected chi connectivity index (χ3v) is 4.35. The van der Waals surface area contributed by atoms with Gasteiger partial charge in [0.15, 0.2) is 0 Å². The number of halogens is 1. The first kappa shape index (κ1) is 12.8. The summed E-state index contributed by atoms with van der Waals surface area (Å²) in [5.41, 5.74) is 4.87. The van der Waals surface area contributed by atoms with E-state index in [0.29, 0.717) is 0 Å². The van der Waals surface area contributed by atoms with Crippen LogP contribution in [0.4, 0.5) is 11.4 Å². The molecular weight excluding hydrogens is 284 g/mol. The molecule has 1 N–H and O–H groups in total. The van der Waals surface area contributed by atoms with E-state index in [9.17, 15) is 0 Å². The fourth-order valence-corrected chi connectivity index (χ4v) is 3.44. The number of fused-ring (bicyclic) bond motifs is 2. The molecule has 21 heavy (non-hydrogen) atoms. The third kappa shape index (κ3) is 2.32. The van der Waals surface area contributed by atoms with Gasteiger partial charge < -0.3 is 15.0 Å². The molecule has 0 unspecified atom stereocenters. The second-order valence-corrected chi connectivity index (χ2v) is 5.95. The molecule has 0 amide bonds. The fraction of sp³-hybridized carbons (Fsp3) is 0.294. The first-order valence-electron chi connectivity index (χ1n) is 7.33. The number of hydrogen-bond donors (Lipinski definition) is 1. The van der Waals surface area contributed by atoms with Crippen LogP contribution in [0.25, 0.3) is 0 Å². The minimum atomic E-state index is 0.765. The van der Waals surface area contributed by atoms with Gasteiger partial charge in [-0.05, 0) is 29.8 Å². The van der Waals surface area contributed by atoms with Gasteiger partial charge >= 0.3 is 0 Å². The number of rotatable bonds is 2. The molecule has 2 heterocycles. The highest BCUT2D eigenvalue weighted by Crippen LogP contribution is 2.36. The molecule has 0 bridgehead atoms. The lowest BCUT2D eigenvalue weighted by molar-refractivity contribution is 0.353. The summed E-state index contributed by atoms with van der Waals surface area (Å²) in [6.45, 7) is 3.54. The number of para-hydroxylation sites is 2. The van der Waals surface area contributed by atoms with Crippen molar-refractivity contribution in [1.29, 1.82) is 0 Å². The summed E-state index contributed by atoms with van der Waals surface area (Å²) in [4.78, 5) is 2.39. The Bertz CT molecular complexity index is 686. The van der Waals surface area contributed by atoms with Crippen LogP contribution in [0.15, 0.2) is 36.4 Å². The molecule has 0 fully saturated rings. The summed E-state index contributed by atoms with van der Waals surface area (Å²) in [7, 11) is 0. The van der Waals surface area contributed by atoms with Crippen LogP contribution < -0.4 is 15.0 Å². The highest BCUT2D eigenvalue weighted by atomic mass is 35.5. The van der Waals surface area contributed by atoms with E-state index in [1.807, 2.05) is 12.1 Å². The summed E-state index contributed by atoms with van der Waals surface area (Å²) < 4.78 is 5.81. The number of anilines is 2. The lowest BCUT2D eigenvalue weighted by atomic mass is 10.1. The fourth-order valence-electron chi connectivity index (χ4n) is 3.18. The topological polar surface area (TPSA) is 24.5 Å². The van der Waals surface area contributed by atoms with Gasteiger partial charge in [0.1, 0.15) is 5.75 Å². The number of nitrogens with zero attached hydrogens (tertiary/aromatic N) is 1. The van der Waals surface area contributed by atoms with Crippen molar-refractivity contribution >= 4 is 23.0 Å². The standard InChI is InChI=1S/C17H17ClN2O/c18-14-9-12-5-8-21-17(12)13(10-14)11-20-7-6-19-15-3-1-2-4-16(15)20/h1-4,9-10,19H,5-8,11H2. The van der Waals surface area contributed by atoms with Gasteiger partial charge in [-0.2, -0.15) is 0 Å². The number of ether oxygens (including phenoxy) is 1. The second kappa shape index (κ2) is 5.15.